The zero-order valence-electron chi connectivity index (χ0n) is 6.84. The lowest BCUT2D eigenvalue weighted by atomic mass is 10.6. The van der Waals surface area contributed by atoms with E-state index in [0.29, 0.717) is 6.16 Å². The van der Waals surface area contributed by atoms with Crippen LogP contribution in [0.1, 0.15) is 6.92 Å². The molecule has 2 nitrogen and oxygen atoms in total. The van der Waals surface area contributed by atoms with Crippen LogP contribution in [0.3, 0.4) is 0 Å². The quantitative estimate of drug-likeness (QED) is 0.545. The molecule has 0 atom stereocenters. The van der Waals surface area contributed by atoms with Gasteiger partial charge in [0.1, 0.15) is 6.16 Å². The highest BCUT2D eigenvalue weighted by molar-refractivity contribution is 7.66. The minimum atomic E-state index is -2.32. The summed E-state index contributed by atoms with van der Waals surface area (Å²) in [6.07, 6.45) is 0.653. The summed E-state index contributed by atoms with van der Waals surface area (Å²) in [4.78, 5) is 0. The van der Waals surface area contributed by atoms with Crippen molar-refractivity contribution in [2.45, 2.75) is 6.92 Å². The molecule has 0 saturated carbocycles. The van der Waals surface area contributed by atoms with Crippen molar-refractivity contribution >= 4 is 7.87 Å². The van der Waals surface area contributed by atoms with Crippen molar-refractivity contribution < 1.29 is 4.20 Å². The largest absolute Gasteiger partial charge is 0.347 e. The Kier molecular flexibility index (Phi) is 2.28. The minimum absolute atomic E-state index is 0.653. The zero-order valence-corrected chi connectivity index (χ0v) is 7.74. The summed E-state index contributed by atoms with van der Waals surface area (Å²) < 4.78 is 17.5. The van der Waals surface area contributed by atoms with Crippen LogP contribution in [-0.2, 0) is 0 Å². The molecular weight excluding hydrogens is 150 g/mol. The second-order valence-electron chi connectivity index (χ2n) is 2.72. The van der Waals surface area contributed by atoms with E-state index in [0.717, 1.165) is 13.1 Å². The molecule has 0 aromatic rings. The minimum Gasteiger partial charge on any atom is -0.136 e. The lowest BCUT2D eigenvalue weighted by Gasteiger charge is -2.19. The number of hydrogen-bond acceptors (Lipinski definition) is 2. The molecule has 1 aliphatic rings. The number of nitrogens with zero attached hydrogens (tertiary/aromatic N) is 2. The first kappa shape index (κ1) is 8.38. The molecule has 0 bridgehead atoms. The maximum atomic E-state index is 13.8. The first-order chi connectivity index (χ1) is 4.61. The van der Waals surface area contributed by atoms with Gasteiger partial charge in [-0.15, -0.1) is 9.34 Å². The predicted octanol–water partition coefficient (Wildman–Crippen LogP) is 1.62. The van der Waals surface area contributed by atoms with Crippen molar-refractivity contribution in [2.24, 2.45) is 0 Å². The topological polar surface area (TPSA) is 6.48 Å². The Morgan fingerprint density at radius 2 is 1.70 bits per heavy atom. The predicted molar refractivity (Wildman–Crippen MR) is 43.8 cm³/mol. The standard InChI is InChI=1S/C6H15FN2P/c1-4-10(7)8(2)5-6-9(10)3/h4-6H2,1-3H3/q+1. The van der Waals surface area contributed by atoms with Crippen LogP contribution in [0.25, 0.3) is 0 Å². The third-order valence-electron chi connectivity index (χ3n) is 2.20. The van der Waals surface area contributed by atoms with Crippen LogP contribution in [0.2, 0.25) is 0 Å². The summed E-state index contributed by atoms with van der Waals surface area (Å²) in [7, 11) is 1.44. The van der Waals surface area contributed by atoms with Gasteiger partial charge in [0, 0.05) is 14.1 Å². The number of halogens is 1. The van der Waals surface area contributed by atoms with Gasteiger partial charge < -0.3 is 0 Å². The van der Waals surface area contributed by atoms with Gasteiger partial charge in [0.25, 0.3) is 0 Å². The fraction of sp³-hybridized carbons (Fsp3) is 1.00. The normalized spacial score (nSPS) is 27.6. The molecule has 4 heteroatoms. The Bertz CT molecular complexity index is 121. The van der Waals surface area contributed by atoms with Crippen molar-refractivity contribution in [1.82, 2.24) is 9.34 Å². The van der Waals surface area contributed by atoms with E-state index in [1.165, 1.54) is 0 Å². The van der Waals surface area contributed by atoms with Crippen molar-refractivity contribution in [3.05, 3.63) is 0 Å². The summed E-state index contributed by atoms with van der Waals surface area (Å²) in [5.41, 5.74) is 0. The Labute approximate surface area is 62.6 Å². The van der Waals surface area contributed by atoms with Gasteiger partial charge in [-0.25, -0.2) is 0 Å². The summed E-state index contributed by atoms with van der Waals surface area (Å²) in [6.45, 7) is 3.69. The van der Waals surface area contributed by atoms with Gasteiger partial charge in [-0.2, -0.15) is 0 Å². The second kappa shape index (κ2) is 2.72. The van der Waals surface area contributed by atoms with Crippen molar-refractivity contribution in [2.75, 3.05) is 33.3 Å². The molecular formula is C6H15FN2P+. The van der Waals surface area contributed by atoms with E-state index >= 15 is 0 Å². The molecule has 1 rings (SSSR count). The van der Waals surface area contributed by atoms with Gasteiger partial charge >= 0.3 is 7.87 Å². The van der Waals surface area contributed by atoms with E-state index < -0.39 is 7.87 Å². The molecule has 0 unspecified atom stereocenters. The van der Waals surface area contributed by atoms with E-state index in [1.54, 1.807) is 0 Å². The van der Waals surface area contributed by atoms with E-state index in [2.05, 4.69) is 0 Å². The van der Waals surface area contributed by atoms with Gasteiger partial charge in [0.15, 0.2) is 0 Å². The van der Waals surface area contributed by atoms with Crippen LogP contribution < -0.4 is 0 Å². The molecule has 1 aliphatic heterocycles. The molecule has 1 fully saturated rings. The highest BCUT2D eigenvalue weighted by Gasteiger charge is 2.52. The highest BCUT2D eigenvalue weighted by Crippen LogP contribution is 2.67. The van der Waals surface area contributed by atoms with E-state index in [1.807, 2.05) is 30.4 Å². The van der Waals surface area contributed by atoms with E-state index in [-0.39, 0.29) is 0 Å². The number of likely N-dealkylation sites (N-methyl/N-ethyl adjacent to an activating group) is 2. The monoisotopic (exact) mass is 165 g/mol. The first-order valence-electron chi connectivity index (χ1n) is 3.62. The average molecular weight is 165 g/mol. The summed E-state index contributed by atoms with van der Waals surface area (Å²) in [5, 5.41) is 0. The van der Waals surface area contributed by atoms with Crippen molar-refractivity contribution in [1.29, 1.82) is 0 Å². The zero-order chi connectivity index (χ0) is 7.78. The van der Waals surface area contributed by atoms with Crippen LogP contribution in [-0.4, -0.2) is 42.7 Å². The number of rotatable bonds is 1. The summed E-state index contributed by atoms with van der Waals surface area (Å²) in [5.74, 6) is 0. The SMILES string of the molecule is CC[P+]1(F)N(C)CCN1C. The van der Waals surface area contributed by atoms with Gasteiger partial charge in [-0.3, -0.25) is 0 Å². The lowest BCUT2D eigenvalue weighted by Crippen LogP contribution is -2.17. The molecule has 0 aliphatic carbocycles. The fourth-order valence-corrected chi connectivity index (χ4v) is 3.62. The third kappa shape index (κ3) is 1.07. The number of hydrogen-bond donors (Lipinski definition) is 0. The average Bonchev–Trinajstić information content (AvgIpc) is 2.18. The molecule has 0 spiro atoms. The third-order valence-corrected chi connectivity index (χ3v) is 5.49. The fourth-order valence-electron chi connectivity index (χ4n) is 1.34. The maximum absolute atomic E-state index is 13.8. The highest BCUT2D eigenvalue weighted by atomic mass is 31.2. The molecule has 60 valence electrons. The van der Waals surface area contributed by atoms with Crippen LogP contribution in [0.4, 0.5) is 4.20 Å². The van der Waals surface area contributed by atoms with E-state index in [9.17, 15) is 4.20 Å². The summed E-state index contributed by atoms with van der Waals surface area (Å²) >= 11 is 0. The molecule has 0 aromatic carbocycles. The van der Waals surface area contributed by atoms with Crippen LogP contribution in [0.15, 0.2) is 0 Å². The Balaban J connectivity index is 2.70. The van der Waals surface area contributed by atoms with Crippen LogP contribution in [0, 0.1) is 0 Å². The summed E-state index contributed by atoms with van der Waals surface area (Å²) in [6, 6.07) is 0. The van der Waals surface area contributed by atoms with Crippen molar-refractivity contribution in [3.63, 3.8) is 0 Å². The van der Waals surface area contributed by atoms with Gasteiger partial charge in [0.05, 0.1) is 13.1 Å². The first-order valence-corrected chi connectivity index (χ1v) is 5.39. The van der Waals surface area contributed by atoms with Crippen LogP contribution in [0.5, 0.6) is 0 Å². The van der Waals surface area contributed by atoms with Gasteiger partial charge in [-0.05, 0) is 11.1 Å². The molecule has 10 heavy (non-hydrogen) atoms. The van der Waals surface area contributed by atoms with Crippen molar-refractivity contribution in [3.8, 4) is 0 Å². The smallest absolute Gasteiger partial charge is 0.136 e. The molecule has 1 saturated heterocycles. The van der Waals surface area contributed by atoms with Crippen LogP contribution >= 0.6 is 7.87 Å². The van der Waals surface area contributed by atoms with E-state index in [4.69, 9.17) is 0 Å². The Morgan fingerprint density at radius 3 is 1.90 bits per heavy atom. The van der Waals surface area contributed by atoms with Gasteiger partial charge in [-0.1, -0.05) is 0 Å². The lowest BCUT2D eigenvalue weighted by molar-refractivity contribution is 0.553. The Hall–Kier alpha value is 0.280. The molecule has 0 aromatic heterocycles. The maximum Gasteiger partial charge on any atom is 0.347 e. The molecule has 0 amide bonds. The Morgan fingerprint density at radius 1 is 1.30 bits per heavy atom. The molecule has 1 heterocycles. The molecule has 0 N–H and O–H groups in total. The second-order valence-corrected chi connectivity index (χ2v) is 6.01. The molecule has 0 radical (unpaired) electrons. The van der Waals surface area contributed by atoms with Gasteiger partial charge in [0.2, 0.25) is 0 Å².